The second kappa shape index (κ2) is 6.70. The quantitative estimate of drug-likeness (QED) is 0.892. The van der Waals surface area contributed by atoms with Crippen molar-refractivity contribution >= 4 is 15.5 Å². The largest absolute Gasteiger partial charge is 0.368 e. The highest BCUT2D eigenvalue weighted by molar-refractivity contribution is 7.91. The minimum atomic E-state index is -2.90. The zero-order valence-corrected chi connectivity index (χ0v) is 13.8. The molecular weight excluding hydrogens is 288 g/mol. The third-order valence-corrected chi connectivity index (χ3v) is 5.34. The summed E-state index contributed by atoms with van der Waals surface area (Å²) in [4.78, 5) is 11.2. The Bertz CT molecular complexity index is 587. The van der Waals surface area contributed by atoms with Crippen molar-refractivity contribution in [1.82, 2.24) is 15.3 Å². The van der Waals surface area contributed by atoms with E-state index in [9.17, 15) is 8.42 Å². The SMILES string of the molecule is CNCc1nc(C(C)C)ncc1N1CCCS(=O)(=O)CC1. The van der Waals surface area contributed by atoms with Crippen molar-refractivity contribution in [2.45, 2.75) is 32.7 Å². The van der Waals surface area contributed by atoms with Crippen molar-refractivity contribution in [3.05, 3.63) is 17.7 Å². The Morgan fingerprint density at radius 2 is 2.10 bits per heavy atom. The van der Waals surface area contributed by atoms with Crippen LogP contribution >= 0.6 is 0 Å². The van der Waals surface area contributed by atoms with Gasteiger partial charge in [0, 0.05) is 25.6 Å². The fraction of sp³-hybridized carbons (Fsp3) is 0.714. The van der Waals surface area contributed by atoms with E-state index in [4.69, 9.17) is 0 Å². The molecule has 0 amide bonds. The molecule has 0 aromatic carbocycles. The molecule has 21 heavy (non-hydrogen) atoms. The molecule has 7 heteroatoms. The number of rotatable bonds is 4. The van der Waals surface area contributed by atoms with E-state index in [2.05, 4.69) is 34.0 Å². The van der Waals surface area contributed by atoms with Crippen molar-refractivity contribution in [3.63, 3.8) is 0 Å². The number of hydrogen-bond acceptors (Lipinski definition) is 6. The lowest BCUT2D eigenvalue weighted by Gasteiger charge is -2.24. The lowest BCUT2D eigenvalue weighted by atomic mass is 10.2. The summed E-state index contributed by atoms with van der Waals surface area (Å²) < 4.78 is 23.5. The van der Waals surface area contributed by atoms with Gasteiger partial charge in [0.1, 0.15) is 5.82 Å². The molecule has 6 nitrogen and oxygen atoms in total. The van der Waals surface area contributed by atoms with Gasteiger partial charge in [-0.05, 0) is 13.5 Å². The van der Waals surface area contributed by atoms with E-state index in [0.717, 1.165) is 23.8 Å². The lowest BCUT2D eigenvalue weighted by molar-refractivity contribution is 0.597. The molecule has 1 N–H and O–H groups in total. The van der Waals surface area contributed by atoms with E-state index in [1.54, 1.807) is 0 Å². The van der Waals surface area contributed by atoms with Gasteiger partial charge in [0.05, 0.1) is 29.1 Å². The van der Waals surface area contributed by atoms with Crippen LogP contribution in [0.25, 0.3) is 0 Å². The summed E-state index contributed by atoms with van der Waals surface area (Å²) in [7, 11) is -1.02. The Kier molecular flexibility index (Phi) is 5.16. The van der Waals surface area contributed by atoms with Crippen molar-refractivity contribution in [2.75, 3.05) is 36.5 Å². The van der Waals surface area contributed by atoms with Gasteiger partial charge in [0.15, 0.2) is 9.84 Å². The number of anilines is 1. The first kappa shape index (κ1) is 16.2. The van der Waals surface area contributed by atoms with Crippen molar-refractivity contribution in [3.8, 4) is 0 Å². The fourth-order valence-electron chi connectivity index (χ4n) is 2.45. The van der Waals surface area contributed by atoms with Gasteiger partial charge in [0.25, 0.3) is 0 Å². The van der Waals surface area contributed by atoms with E-state index >= 15 is 0 Å². The summed E-state index contributed by atoms with van der Waals surface area (Å²) in [6.45, 7) is 6.04. The summed E-state index contributed by atoms with van der Waals surface area (Å²) in [6.07, 6.45) is 2.50. The van der Waals surface area contributed by atoms with E-state index in [0.29, 0.717) is 19.5 Å². The maximum absolute atomic E-state index is 11.7. The molecule has 0 unspecified atom stereocenters. The highest BCUT2D eigenvalue weighted by atomic mass is 32.2. The molecule has 1 aromatic rings. The zero-order chi connectivity index (χ0) is 15.5. The van der Waals surface area contributed by atoms with Gasteiger partial charge in [-0.3, -0.25) is 0 Å². The Balaban J connectivity index is 2.29. The molecule has 0 radical (unpaired) electrons. The summed E-state index contributed by atoms with van der Waals surface area (Å²) in [5.41, 5.74) is 1.89. The van der Waals surface area contributed by atoms with Crippen LogP contribution in [0.15, 0.2) is 6.20 Å². The maximum Gasteiger partial charge on any atom is 0.152 e. The first-order valence-electron chi connectivity index (χ1n) is 7.38. The maximum atomic E-state index is 11.7. The molecular formula is C14H24N4O2S. The van der Waals surface area contributed by atoms with Crippen LogP contribution in [0.2, 0.25) is 0 Å². The van der Waals surface area contributed by atoms with Gasteiger partial charge in [-0.15, -0.1) is 0 Å². The highest BCUT2D eigenvalue weighted by Gasteiger charge is 2.22. The van der Waals surface area contributed by atoms with Crippen LogP contribution in [-0.4, -0.2) is 50.0 Å². The summed E-state index contributed by atoms with van der Waals surface area (Å²) >= 11 is 0. The predicted molar refractivity (Wildman–Crippen MR) is 84.4 cm³/mol. The minimum Gasteiger partial charge on any atom is -0.368 e. The molecule has 0 saturated carbocycles. The van der Waals surface area contributed by atoms with Gasteiger partial charge in [0.2, 0.25) is 0 Å². The summed E-state index contributed by atoms with van der Waals surface area (Å²) in [5.74, 6) is 1.58. The summed E-state index contributed by atoms with van der Waals surface area (Å²) in [5, 5.41) is 3.13. The lowest BCUT2D eigenvalue weighted by Crippen LogP contribution is -2.29. The van der Waals surface area contributed by atoms with Crippen LogP contribution in [-0.2, 0) is 16.4 Å². The second-order valence-electron chi connectivity index (χ2n) is 5.74. The van der Waals surface area contributed by atoms with Crippen LogP contribution < -0.4 is 10.2 Å². The molecule has 1 saturated heterocycles. The molecule has 1 aromatic heterocycles. The van der Waals surface area contributed by atoms with Crippen molar-refractivity contribution in [1.29, 1.82) is 0 Å². The molecule has 2 heterocycles. The van der Waals surface area contributed by atoms with E-state index in [1.165, 1.54) is 0 Å². The first-order valence-corrected chi connectivity index (χ1v) is 9.21. The third-order valence-electron chi connectivity index (χ3n) is 3.62. The molecule has 0 spiro atoms. The number of sulfone groups is 1. The molecule has 1 aliphatic rings. The Morgan fingerprint density at radius 3 is 2.76 bits per heavy atom. The molecule has 2 rings (SSSR count). The number of hydrogen-bond donors (Lipinski definition) is 1. The monoisotopic (exact) mass is 312 g/mol. The summed E-state index contributed by atoms with van der Waals surface area (Å²) in [6, 6.07) is 0. The Hall–Kier alpha value is -1.21. The number of nitrogens with zero attached hydrogens (tertiary/aromatic N) is 3. The first-order chi connectivity index (χ1) is 9.93. The molecule has 0 bridgehead atoms. The molecule has 1 aliphatic heterocycles. The van der Waals surface area contributed by atoms with Crippen molar-refractivity contribution < 1.29 is 8.42 Å². The van der Waals surface area contributed by atoms with E-state index < -0.39 is 9.84 Å². The molecule has 0 atom stereocenters. The van der Waals surface area contributed by atoms with E-state index in [1.807, 2.05) is 13.2 Å². The third kappa shape index (κ3) is 4.14. The zero-order valence-electron chi connectivity index (χ0n) is 13.0. The topological polar surface area (TPSA) is 75.2 Å². The average Bonchev–Trinajstić information content (AvgIpc) is 2.60. The number of nitrogens with one attached hydrogen (secondary N) is 1. The van der Waals surface area contributed by atoms with Gasteiger partial charge >= 0.3 is 0 Å². The molecule has 118 valence electrons. The number of aromatic nitrogens is 2. The minimum absolute atomic E-state index is 0.206. The second-order valence-corrected chi connectivity index (χ2v) is 8.04. The average molecular weight is 312 g/mol. The molecule has 1 fully saturated rings. The van der Waals surface area contributed by atoms with Crippen molar-refractivity contribution in [2.24, 2.45) is 0 Å². The van der Waals surface area contributed by atoms with Crippen LogP contribution in [0.5, 0.6) is 0 Å². The highest BCUT2D eigenvalue weighted by Crippen LogP contribution is 2.22. The van der Waals surface area contributed by atoms with Crippen LogP contribution in [0, 0.1) is 0 Å². The normalized spacial score (nSPS) is 18.8. The fourth-order valence-corrected chi connectivity index (χ4v) is 3.72. The van der Waals surface area contributed by atoms with Crippen LogP contribution in [0.1, 0.15) is 37.7 Å². The Morgan fingerprint density at radius 1 is 1.33 bits per heavy atom. The predicted octanol–water partition coefficient (Wildman–Crippen LogP) is 0.944. The Labute approximate surface area is 126 Å². The van der Waals surface area contributed by atoms with Gasteiger partial charge in [-0.2, -0.15) is 0 Å². The van der Waals surface area contributed by atoms with Crippen LogP contribution in [0.4, 0.5) is 5.69 Å². The van der Waals surface area contributed by atoms with Gasteiger partial charge in [-0.1, -0.05) is 13.8 Å². The van der Waals surface area contributed by atoms with Gasteiger partial charge in [-0.25, -0.2) is 18.4 Å². The van der Waals surface area contributed by atoms with Crippen LogP contribution in [0.3, 0.4) is 0 Å². The van der Waals surface area contributed by atoms with E-state index in [-0.39, 0.29) is 17.4 Å². The molecule has 0 aliphatic carbocycles. The standard InChI is InChI=1S/C14H24N4O2S/c1-11(2)14-16-10-13(12(17-14)9-15-3)18-5-4-7-21(19,20)8-6-18/h10-11,15H,4-9H2,1-3H3. The van der Waals surface area contributed by atoms with Gasteiger partial charge < -0.3 is 10.2 Å². The smallest absolute Gasteiger partial charge is 0.152 e.